The molecule has 0 saturated carbocycles. The standard InChI is InChI=1S/C6H10NO2.Ir/c8-6(9)5-3-1-2-4-7-5;/h5H,1-4H2,(H,8,9);/q-1;+3/p+1. The molecule has 10 heavy (non-hydrogen) atoms. The van der Waals surface area contributed by atoms with Crippen molar-refractivity contribution < 1.29 is 30.0 Å². The summed E-state index contributed by atoms with van der Waals surface area (Å²) in [5, 5.41) is 10.7. The number of carbonyl (C=O) groups is 1. The summed E-state index contributed by atoms with van der Waals surface area (Å²) in [4.78, 5) is 10.4. The van der Waals surface area contributed by atoms with Crippen molar-refractivity contribution in [1.82, 2.24) is 0 Å². The summed E-state index contributed by atoms with van der Waals surface area (Å²) in [7, 11) is 0. The van der Waals surface area contributed by atoms with Crippen LogP contribution in [0.4, 0.5) is 0 Å². The van der Waals surface area contributed by atoms with Crippen LogP contribution in [0.2, 0.25) is 0 Å². The van der Waals surface area contributed by atoms with Crippen molar-refractivity contribution in [2.45, 2.75) is 25.3 Å². The number of carbonyl (C=O) groups excluding carboxylic acids is 1. The molecule has 1 rings (SSSR count). The van der Waals surface area contributed by atoms with Gasteiger partial charge in [0.05, 0.1) is 0 Å². The average molecular weight is 321 g/mol. The number of nitrogens with zero attached hydrogens (tertiary/aromatic N) is 1. The molecule has 4 heteroatoms. The maximum atomic E-state index is 10.4. The SMILES string of the molecule is O=C([OH2+])C1CCCC[N-]1.[Ir+3]. The summed E-state index contributed by atoms with van der Waals surface area (Å²) in [6.07, 6.45) is 2.94. The van der Waals surface area contributed by atoms with Gasteiger partial charge in [-0.15, -0.1) is 6.54 Å². The molecule has 1 aliphatic rings. The molecule has 3 nitrogen and oxygen atoms in total. The first-order chi connectivity index (χ1) is 4.30. The molecule has 1 aliphatic heterocycles. The molecule has 1 heterocycles. The average Bonchev–Trinajstić information content (AvgIpc) is 1.90. The van der Waals surface area contributed by atoms with Crippen molar-refractivity contribution in [3.8, 4) is 0 Å². The van der Waals surface area contributed by atoms with Gasteiger partial charge in [-0.2, -0.15) is 0 Å². The maximum absolute atomic E-state index is 10.4. The van der Waals surface area contributed by atoms with Crippen LogP contribution in [0.25, 0.3) is 5.32 Å². The number of piperidine rings is 1. The zero-order valence-electron chi connectivity index (χ0n) is 5.59. The molecule has 1 fully saturated rings. The first-order valence-electron chi connectivity index (χ1n) is 3.23. The van der Waals surface area contributed by atoms with E-state index in [1.54, 1.807) is 0 Å². The van der Waals surface area contributed by atoms with Crippen LogP contribution < -0.4 is 0 Å². The Labute approximate surface area is 73.5 Å². The fourth-order valence-electron chi connectivity index (χ4n) is 1.00. The Morgan fingerprint density at radius 1 is 1.50 bits per heavy atom. The molecular formula is C6H11IrNO2+3. The van der Waals surface area contributed by atoms with Gasteiger partial charge in [0.1, 0.15) is 0 Å². The van der Waals surface area contributed by atoms with E-state index in [0.29, 0.717) is 0 Å². The number of hydrogen-bond acceptors (Lipinski definition) is 1. The Kier molecular flexibility index (Phi) is 4.87. The second kappa shape index (κ2) is 4.83. The second-order valence-electron chi connectivity index (χ2n) is 2.28. The van der Waals surface area contributed by atoms with Gasteiger partial charge in [-0.05, 0) is 0 Å². The van der Waals surface area contributed by atoms with E-state index in [1.165, 1.54) is 0 Å². The summed E-state index contributed by atoms with van der Waals surface area (Å²) >= 11 is 0. The Morgan fingerprint density at radius 3 is 2.50 bits per heavy atom. The molecule has 1 unspecified atom stereocenters. The predicted molar refractivity (Wildman–Crippen MR) is 34.5 cm³/mol. The van der Waals surface area contributed by atoms with E-state index in [2.05, 4.69) is 5.32 Å². The zero-order valence-corrected chi connectivity index (χ0v) is 7.99. The van der Waals surface area contributed by atoms with E-state index in [4.69, 9.17) is 5.11 Å². The van der Waals surface area contributed by atoms with E-state index in [0.717, 1.165) is 25.8 Å². The molecule has 0 aromatic rings. The van der Waals surface area contributed by atoms with Crippen LogP contribution in [-0.2, 0) is 24.9 Å². The van der Waals surface area contributed by atoms with Gasteiger partial charge in [0.15, 0.2) is 0 Å². The van der Waals surface area contributed by atoms with E-state index >= 15 is 0 Å². The normalized spacial score (nSPS) is 25.0. The molecule has 58 valence electrons. The largest absolute Gasteiger partial charge is 3.00 e. The minimum absolute atomic E-state index is 0. The van der Waals surface area contributed by atoms with Crippen LogP contribution in [0.3, 0.4) is 0 Å². The quantitative estimate of drug-likeness (QED) is 0.635. The van der Waals surface area contributed by atoms with Crippen LogP contribution in [0, 0.1) is 0 Å². The predicted octanol–water partition coefficient (Wildman–Crippen LogP) is 0.161. The first kappa shape index (κ1) is 10.1. The van der Waals surface area contributed by atoms with Crippen LogP contribution in [0.1, 0.15) is 19.3 Å². The minimum Gasteiger partial charge on any atom is -0.645 e. The summed E-state index contributed by atoms with van der Waals surface area (Å²) < 4.78 is 0. The third kappa shape index (κ3) is 2.78. The van der Waals surface area contributed by atoms with E-state index in [1.807, 2.05) is 0 Å². The minimum atomic E-state index is -0.519. The van der Waals surface area contributed by atoms with Gasteiger partial charge in [-0.25, -0.2) is 0 Å². The molecule has 0 bridgehead atoms. The topological polar surface area (TPSA) is 54.1 Å². The Bertz CT molecular complexity index is 112. The number of rotatable bonds is 1. The van der Waals surface area contributed by atoms with E-state index in [-0.39, 0.29) is 26.1 Å². The van der Waals surface area contributed by atoms with Crippen molar-refractivity contribution in [1.29, 1.82) is 0 Å². The van der Waals surface area contributed by atoms with E-state index < -0.39 is 5.97 Å². The van der Waals surface area contributed by atoms with Crippen molar-refractivity contribution in [2.75, 3.05) is 6.54 Å². The Balaban J connectivity index is 0.000000810. The smallest absolute Gasteiger partial charge is 0.645 e. The van der Waals surface area contributed by atoms with Gasteiger partial charge >= 0.3 is 26.1 Å². The molecule has 0 radical (unpaired) electrons. The molecule has 2 N–H and O–H groups in total. The van der Waals surface area contributed by atoms with Crippen molar-refractivity contribution in [3.63, 3.8) is 0 Å². The van der Waals surface area contributed by atoms with E-state index in [9.17, 15) is 4.79 Å². The molecule has 0 amide bonds. The maximum Gasteiger partial charge on any atom is 3.00 e. The van der Waals surface area contributed by atoms with Crippen LogP contribution in [0.15, 0.2) is 0 Å². The fraction of sp³-hybridized carbons (Fsp3) is 0.833. The third-order valence-electron chi connectivity index (χ3n) is 1.54. The monoisotopic (exact) mass is 322 g/mol. The molecular weight excluding hydrogens is 310 g/mol. The molecule has 0 aliphatic carbocycles. The molecule has 0 aromatic carbocycles. The molecule has 1 saturated heterocycles. The van der Waals surface area contributed by atoms with Crippen molar-refractivity contribution in [3.05, 3.63) is 5.32 Å². The summed E-state index contributed by atoms with van der Waals surface area (Å²) in [5.41, 5.74) is 0. The van der Waals surface area contributed by atoms with Crippen molar-refractivity contribution >= 4 is 5.97 Å². The zero-order chi connectivity index (χ0) is 6.69. The molecule has 0 aromatic heterocycles. The second-order valence-corrected chi connectivity index (χ2v) is 2.28. The van der Waals surface area contributed by atoms with Gasteiger partial charge in [-0.3, -0.25) is 0 Å². The molecule has 0 spiro atoms. The van der Waals surface area contributed by atoms with Gasteiger partial charge in [0.25, 0.3) is 0 Å². The molecule has 1 atom stereocenters. The third-order valence-corrected chi connectivity index (χ3v) is 1.54. The fourth-order valence-corrected chi connectivity index (χ4v) is 1.00. The van der Waals surface area contributed by atoms with Gasteiger partial charge in [-0.1, -0.05) is 19.3 Å². The van der Waals surface area contributed by atoms with Gasteiger partial charge in [0.2, 0.25) is 0 Å². The van der Waals surface area contributed by atoms with Gasteiger partial charge < -0.3 is 10.4 Å². The van der Waals surface area contributed by atoms with Crippen molar-refractivity contribution in [2.24, 2.45) is 0 Å². The summed E-state index contributed by atoms with van der Waals surface area (Å²) in [6.45, 7) is 0.773. The summed E-state index contributed by atoms with van der Waals surface area (Å²) in [6, 6.07) is -0.293. The Morgan fingerprint density at radius 2 is 2.20 bits per heavy atom. The summed E-state index contributed by atoms with van der Waals surface area (Å²) in [5.74, 6) is -0.519. The first-order valence-corrected chi connectivity index (χ1v) is 3.23. The number of hydrogen-bond donors (Lipinski definition) is 0. The Hall–Kier alpha value is 0.0794. The van der Waals surface area contributed by atoms with Crippen LogP contribution >= 0.6 is 0 Å². The van der Waals surface area contributed by atoms with Gasteiger partial charge in [0, 0.05) is 10.8 Å². The van der Waals surface area contributed by atoms with Crippen LogP contribution in [-0.4, -0.2) is 23.7 Å². The van der Waals surface area contributed by atoms with Crippen LogP contribution in [0.5, 0.6) is 0 Å².